The topological polar surface area (TPSA) is 109 Å². The van der Waals surface area contributed by atoms with Crippen LogP contribution in [0.2, 0.25) is 0 Å². The molecule has 0 spiro atoms. The number of pyridine rings is 1. The smallest absolute Gasteiger partial charge is 0.457 e. The van der Waals surface area contributed by atoms with Crippen LogP contribution in [-0.4, -0.2) is 42.0 Å². The maximum Gasteiger partial charge on any atom is 0.545 e. The molecule has 1 aliphatic heterocycles. The summed E-state index contributed by atoms with van der Waals surface area (Å²) in [6, 6.07) is 14.6. The highest BCUT2D eigenvalue weighted by atomic mass is 19.4. The Morgan fingerprint density at radius 2 is 1.80 bits per heavy atom. The van der Waals surface area contributed by atoms with Gasteiger partial charge in [-0.3, -0.25) is 14.6 Å². The van der Waals surface area contributed by atoms with Crippen LogP contribution in [0.25, 0.3) is 0 Å². The number of fused-ring (bicyclic) bond motifs is 1. The van der Waals surface area contributed by atoms with E-state index in [1.807, 2.05) is 0 Å². The number of benzene rings is 2. The molecule has 2 aromatic carbocycles. The van der Waals surface area contributed by atoms with Crippen molar-refractivity contribution in [2.24, 2.45) is 10.2 Å². The van der Waals surface area contributed by atoms with Gasteiger partial charge in [0.1, 0.15) is 22.9 Å². The van der Waals surface area contributed by atoms with E-state index in [0.717, 1.165) is 5.01 Å². The van der Waals surface area contributed by atoms with E-state index >= 15 is 0 Å². The lowest BCUT2D eigenvalue weighted by atomic mass is 10.2. The predicted octanol–water partition coefficient (Wildman–Crippen LogP) is 4.60. The van der Waals surface area contributed by atoms with E-state index < -0.39 is 24.8 Å². The molecule has 0 radical (unpaired) electrons. The van der Waals surface area contributed by atoms with E-state index in [-0.39, 0.29) is 33.6 Å². The van der Waals surface area contributed by atoms with Crippen molar-refractivity contribution in [1.29, 1.82) is 0 Å². The number of carbonyl (C=O) groups is 2. The maximum atomic E-state index is 13.2. The Labute approximate surface area is 196 Å². The summed E-state index contributed by atoms with van der Waals surface area (Å²) < 4.78 is 45.3. The number of nitrogens with zero attached hydrogens (tertiary/aromatic N) is 5. The van der Waals surface area contributed by atoms with Gasteiger partial charge in [0.2, 0.25) is 0 Å². The van der Waals surface area contributed by atoms with Gasteiger partial charge in [-0.25, -0.2) is 5.01 Å². The highest BCUT2D eigenvalue weighted by molar-refractivity contribution is 5.95. The highest BCUT2D eigenvalue weighted by Crippen LogP contribution is 2.39. The Morgan fingerprint density at radius 1 is 1.06 bits per heavy atom. The van der Waals surface area contributed by atoms with E-state index in [4.69, 9.17) is 4.74 Å². The molecule has 0 aliphatic carbocycles. The molecule has 0 unspecified atom stereocenters. The normalized spacial score (nSPS) is 12.6. The van der Waals surface area contributed by atoms with Crippen LogP contribution in [0.1, 0.15) is 20.8 Å². The minimum Gasteiger partial charge on any atom is -0.457 e. The minimum atomic E-state index is -5.15. The Bertz CT molecular complexity index is 1270. The van der Waals surface area contributed by atoms with Crippen LogP contribution in [0, 0.1) is 0 Å². The number of aromatic nitrogens is 1. The molecule has 0 fully saturated rings. The SMILES string of the molecule is CNC(=O)c1cc(Oc2ccc3c(c2)N=NCN3N(OC(F)(F)F)C(=O)c2ccccc2)ccn1. The van der Waals surface area contributed by atoms with Gasteiger partial charge in [0.05, 0.1) is 5.69 Å². The quantitative estimate of drug-likeness (QED) is 0.510. The Kier molecular flexibility index (Phi) is 6.59. The summed E-state index contributed by atoms with van der Waals surface area (Å²) in [4.78, 5) is 32.7. The number of hydrogen-bond acceptors (Lipinski definition) is 8. The average molecular weight is 486 g/mol. The third-order valence-corrected chi connectivity index (χ3v) is 4.63. The van der Waals surface area contributed by atoms with E-state index in [0.29, 0.717) is 5.75 Å². The first-order valence-electron chi connectivity index (χ1n) is 10.1. The number of rotatable bonds is 6. The van der Waals surface area contributed by atoms with Gasteiger partial charge < -0.3 is 10.1 Å². The monoisotopic (exact) mass is 486 g/mol. The molecule has 1 N–H and O–H groups in total. The van der Waals surface area contributed by atoms with Gasteiger partial charge in [-0.1, -0.05) is 18.2 Å². The van der Waals surface area contributed by atoms with E-state index in [9.17, 15) is 22.8 Å². The van der Waals surface area contributed by atoms with Gasteiger partial charge in [0.25, 0.3) is 11.8 Å². The second-order valence-electron chi connectivity index (χ2n) is 6.97. The number of amides is 2. The molecule has 1 aliphatic rings. The molecule has 35 heavy (non-hydrogen) atoms. The second kappa shape index (κ2) is 9.77. The van der Waals surface area contributed by atoms with Crippen molar-refractivity contribution in [3.63, 3.8) is 0 Å². The third-order valence-electron chi connectivity index (χ3n) is 4.63. The summed E-state index contributed by atoms with van der Waals surface area (Å²) in [5.41, 5.74) is 0.367. The van der Waals surface area contributed by atoms with Crippen molar-refractivity contribution < 1.29 is 32.3 Å². The first kappa shape index (κ1) is 23.6. The second-order valence-corrected chi connectivity index (χ2v) is 6.97. The number of ether oxygens (including phenoxy) is 1. The summed E-state index contributed by atoms with van der Waals surface area (Å²) in [7, 11) is 1.46. The van der Waals surface area contributed by atoms with Gasteiger partial charge in [-0.2, -0.15) is 10.2 Å². The Morgan fingerprint density at radius 3 is 2.51 bits per heavy atom. The van der Waals surface area contributed by atoms with Gasteiger partial charge in [0.15, 0.2) is 6.67 Å². The molecule has 1 aromatic heterocycles. The molecule has 180 valence electrons. The fraction of sp³-hybridized carbons (Fsp3) is 0.136. The molecule has 13 heteroatoms. The van der Waals surface area contributed by atoms with Crippen molar-refractivity contribution in [2.45, 2.75) is 6.36 Å². The molecule has 2 heterocycles. The fourth-order valence-corrected chi connectivity index (χ4v) is 3.12. The number of nitrogens with one attached hydrogen (secondary N) is 1. The lowest BCUT2D eigenvalue weighted by Crippen LogP contribution is -2.50. The van der Waals surface area contributed by atoms with Gasteiger partial charge in [-0.15, -0.1) is 23.2 Å². The van der Waals surface area contributed by atoms with Crippen molar-refractivity contribution >= 4 is 23.2 Å². The van der Waals surface area contributed by atoms with Gasteiger partial charge in [0, 0.05) is 30.9 Å². The number of hydrazine groups is 1. The summed E-state index contributed by atoms with van der Waals surface area (Å²) in [6.07, 6.45) is -3.76. The third kappa shape index (κ3) is 5.52. The first-order chi connectivity index (χ1) is 16.7. The van der Waals surface area contributed by atoms with Crippen molar-refractivity contribution in [3.8, 4) is 11.5 Å². The van der Waals surface area contributed by atoms with Crippen molar-refractivity contribution in [2.75, 3.05) is 18.7 Å². The summed E-state index contributed by atoms with van der Waals surface area (Å²) in [6.45, 7) is -0.401. The van der Waals surface area contributed by atoms with Crippen LogP contribution < -0.4 is 15.1 Å². The number of azo groups is 1. The molecule has 2 amide bonds. The first-order valence-corrected chi connectivity index (χ1v) is 10.1. The Balaban J connectivity index is 1.63. The molecule has 4 rings (SSSR count). The van der Waals surface area contributed by atoms with E-state index in [1.54, 1.807) is 6.07 Å². The van der Waals surface area contributed by atoms with Crippen LogP contribution in [-0.2, 0) is 4.84 Å². The minimum absolute atomic E-state index is 0.0228. The number of anilines is 1. The van der Waals surface area contributed by atoms with Crippen LogP contribution in [0.4, 0.5) is 24.5 Å². The molecule has 0 saturated heterocycles. The standard InChI is InChI=1S/C22H17F3N6O4/c1-26-20(32)18-12-16(9-10-27-18)34-15-7-8-19-17(11-15)29-28-13-30(19)31(35-22(23,24)25)21(33)14-5-3-2-4-6-14/h2-12H,13H2,1H3,(H,26,32). The lowest BCUT2D eigenvalue weighted by molar-refractivity contribution is -0.400. The molecule has 3 aromatic rings. The van der Waals surface area contributed by atoms with Gasteiger partial charge in [-0.05, 0) is 30.3 Å². The zero-order valence-corrected chi connectivity index (χ0v) is 18.1. The zero-order chi connectivity index (χ0) is 25.0. The number of carbonyl (C=O) groups excluding carboxylic acids is 2. The zero-order valence-electron chi connectivity index (χ0n) is 18.1. The highest BCUT2D eigenvalue weighted by Gasteiger charge is 2.40. The number of alkyl halides is 3. The van der Waals surface area contributed by atoms with E-state index in [2.05, 4.69) is 25.4 Å². The summed E-state index contributed by atoms with van der Waals surface area (Å²) in [5, 5.41) is 11.2. The maximum absolute atomic E-state index is 13.2. The molecule has 0 bridgehead atoms. The van der Waals surface area contributed by atoms with Crippen LogP contribution >= 0.6 is 0 Å². The fourth-order valence-electron chi connectivity index (χ4n) is 3.12. The van der Waals surface area contributed by atoms with Crippen LogP contribution in [0.3, 0.4) is 0 Å². The predicted molar refractivity (Wildman–Crippen MR) is 116 cm³/mol. The van der Waals surface area contributed by atoms with Crippen molar-refractivity contribution in [3.05, 3.63) is 78.1 Å². The lowest BCUT2D eigenvalue weighted by Gasteiger charge is -2.35. The van der Waals surface area contributed by atoms with Gasteiger partial charge >= 0.3 is 6.36 Å². The largest absolute Gasteiger partial charge is 0.545 e. The molecular weight excluding hydrogens is 469 g/mol. The molecular formula is C22H17F3N6O4. The van der Waals surface area contributed by atoms with Crippen LogP contribution in [0.5, 0.6) is 11.5 Å². The molecule has 10 nitrogen and oxygen atoms in total. The molecule has 0 saturated carbocycles. The number of hydrogen-bond donors (Lipinski definition) is 1. The van der Waals surface area contributed by atoms with Crippen LogP contribution in [0.15, 0.2) is 77.1 Å². The van der Waals surface area contributed by atoms with Crippen molar-refractivity contribution in [1.82, 2.24) is 15.5 Å². The summed E-state index contributed by atoms with van der Waals surface area (Å²) in [5.74, 6) is -0.899. The number of hydroxylamine groups is 1. The molecule has 0 atom stereocenters. The average Bonchev–Trinajstić information content (AvgIpc) is 2.86. The Hall–Kier alpha value is -4.52. The summed E-state index contributed by atoms with van der Waals surface area (Å²) >= 11 is 0. The number of halogens is 3. The van der Waals surface area contributed by atoms with E-state index in [1.165, 1.54) is 67.8 Å².